The van der Waals surface area contributed by atoms with Crippen LogP contribution < -0.4 is 4.74 Å². The largest absolute Gasteiger partial charge is 0.507 e. The summed E-state index contributed by atoms with van der Waals surface area (Å²) in [6.45, 7) is 1.59. The number of phenolic OH excluding ortho intramolecular Hbond substituents is 1. The maximum absolute atomic E-state index is 12.4. The van der Waals surface area contributed by atoms with Crippen LogP contribution in [0.25, 0.3) is 6.08 Å². The van der Waals surface area contributed by atoms with Crippen molar-refractivity contribution in [2.45, 2.75) is 38.1 Å². The Hall–Kier alpha value is -2.82. The molecule has 1 aromatic rings. The number of ketones is 1. The summed E-state index contributed by atoms with van der Waals surface area (Å²) in [6, 6.07) is 2.82. The van der Waals surface area contributed by atoms with Crippen LogP contribution in [-0.4, -0.2) is 52.5 Å². The predicted octanol–water partition coefficient (Wildman–Crippen LogP) is 1.05. The van der Waals surface area contributed by atoms with E-state index in [2.05, 4.69) is 11.8 Å². The van der Waals surface area contributed by atoms with E-state index >= 15 is 0 Å². The number of esters is 1. The highest BCUT2D eigenvalue weighted by molar-refractivity contribution is 5.99. The third-order valence-corrected chi connectivity index (χ3v) is 3.78. The maximum Gasteiger partial charge on any atom is 0.342 e. The summed E-state index contributed by atoms with van der Waals surface area (Å²) in [5.41, 5.74) is 0.264. The Balaban J connectivity index is 2.47. The molecule has 0 spiro atoms. The molecule has 3 atom stereocenters. The van der Waals surface area contributed by atoms with E-state index in [1.165, 1.54) is 31.4 Å². The number of cyclic esters (lactones) is 1. The van der Waals surface area contributed by atoms with Gasteiger partial charge in [-0.2, -0.15) is 0 Å². The van der Waals surface area contributed by atoms with Crippen LogP contribution in [0.1, 0.15) is 35.7 Å². The van der Waals surface area contributed by atoms with Crippen molar-refractivity contribution in [3.63, 3.8) is 0 Å². The molecule has 0 saturated heterocycles. The minimum atomic E-state index is -1.63. The fourth-order valence-corrected chi connectivity index (χ4v) is 2.37. The molecule has 0 fully saturated rings. The maximum atomic E-state index is 12.4. The lowest BCUT2D eigenvalue weighted by Gasteiger charge is -2.15. The highest BCUT2D eigenvalue weighted by Gasteiger charge is 2.23. The molecular weight excluding hydrogens is 340 g/mol. The number of aliphatic hydroxyl groups is 2. The van der Waals surface area contributed by atoms with Crippen LogP contribution >= 0.6 is 0 Å². The van der Waals surface area contributed by atoms with Crippen molar-refractivity contribution in [1.82, 2.24) is 0 Å². The minimum absolute atomic E-state index is 0.0509. The van der Waals surface area contributed by atoms with Crippen LogP contribution in [0.4, 0.5) is 0 Å². The molecular formula is C19H20O7. The number of Topliss-reactive ketones (excluding diaryl/α,β-unsaturated/α-hetero) is 1. The van der Waals surface area contributed by atoms with E-state index in [1.54, 1.807) is 6.92 Å². The van der Waals surface area contributed by atoms with Crippen molar-refractivity contribution < 1.29 is 34.4 Å². The lowest BCUT2D eigenvalue weighted by molar-refractivity contribution is -0.126. The van der Waals surface area contributed by atoms with Crippen molar-refractivity contribution in [3.05, 3.63) is 29.3 Å². The molecule has 0 amide bonds. The highest BCUT2D eigenvalue weighted by Crippen LogP contribution is 2.30. The number of carbonyl (C=O) groups excluding carboxylic acids is 2. The van der Waals surface area contributed by atoms with Crippen LogP contribution in [0.15, 0.2) is 18.2 Å². The summed E-state index contributed by atoms with van der Waals surface area (Å²) in [4.78, 5) is 24.2. The lowest BCUT2D eigenvalue weighted by atomic mass is 10.0. The molecule has 0 unspecified atom stereocenters. The third kappa shape index (κ3) is 4.63. The number of ether oxygens (including phenoxy) is 2. The van der Waals surface area contributed by atoms with E-state index in [-0.39, 0.29) is 24.2 Å². The second-order valence-electron chi connectivity index (χ2n) is 5.85. The molecule has 1 heterocycles. The van der Waals surface area contributed by atoms with Gasteiger partial charge in [0.25, 0.3) is 0 Å². The van der Waals surface area contributed by atoms with Gasteiger partial charge in [0, 0.05) is 12.5 Å². The number of rotatable bonds is 1. The zero-order valence-electron chi connectivity index (χ0n) is 14.4. The molecule has 3 N–H and O–H groups in total. The molecule has 138 valence electrons. The molecule has 0 bridgehead atoms. The van der Waals surface area contributed by atoms with E-state index in [4.69, 9.17) is 9.47 Å². The first-order valence-electron chi connectivity index (χ1n) is 8.00. The topological polar surface area (TPSA) is 113 Å². The average molecular weight is 360 g/mol. The SMILES string of the molecule is COc1cc(O)c2c(c1)/C=C/C[C@H](O)[C@H](O)C(=O)C#CC[C@H](C)OC2=O. The van der Waals surface area contributed by atoms with Gasteiger partial charge < -0.3 is 24.8 Å². The van der Waals surface area contributed by atoms with Crippen molar-refractivity contribution in [3.8, 4) is 23.3 Å². The molecule has 1 aliphatic heterocycles. The first-order chi connectivity index (χ1) is 12.3. The monoisotopic (exact) mass is 360 g/mol. The molecule has 2 rings (SSSR count). The van der Waals surface area contributed by atoms with Crippen molar-refractivity contribution >= 4 is 17.8 Å². The van der Waals surface area contributed by atoms with Gasteiger partial charge in [-0.3, -0.25) is 4.79 Å². The van der Waals surface area contributed by atoms with Gasteiger partial charge in [-0.05, 0) is 30.9 Å². The highest BCUT2D eigenvalue weighted by atomic mass is 16.5. The summed E-state index contributed by atoms with van der Waals surface area (Å²) in [5.74, 6) is 3.21. The van der Waals surface area contributed by atoms with Gasteiger partial charge in [-0.1, -0.05) is 18.1 Å². The minimum Gasteiger partial charge on any atom is -0.507 e. The number of aliphatic hydroxyl groups excluding tert-OH is 2. The third-order valence-electron chi connectivity index (χ3n) is 3.78. The summed E-state index contributed by atoms with van der Waals surface area (Å²) in [6.07, 6.45) is -0.684. The standard InChI is InChI=1S/C19H20O7/c1-11-5-3-7-14(20)18(23)15(21)8-4-6-12-9-13(25-2)10-16(22)17(12)19(24)26-11/h4,6,9-11,15,18,21-23H,5,8H2,1-2H3/b6-4+/t11-,15-,18+/m0/s1. The van der Waals surface area contributed by atoms with Crippen molar-refractivity contribution in [2.24, 2.45) is 0 Å². The number of phenols is 1. The Bertz CT molecular complexity index is 785. The average Bonchev–Trinajstić information content (AvgIpc) is 2.59. The number of hydrogen-bond acceptors (Lipinski definition) is 7. The first kappa shape index (κ1) is 19.5. The van der Waals surface area contributed by atoms with Gasteiger partial charge in [0.2, 0.25) is 5.78 Å². The van der Waals surface area contributed by atoms with Crippen LogP contribution in [0.3, 0.4) is 0 Å². The van der Waals surface area contributed by atoms with E-state index in [0.29, 0.717) is 11.3 Å². The molecule has 1 aromatic carbocycles. The van der Waals surface area contributed by atoms with Crippen LogP contribution in [0, 0.1) is 11.8 Å². The number of hydrogen-bond donors (Lipinski definition) is 3. The first-order valence-corrected chi connectivity index (χ1v) is 8.00. The Kier molecular flexibility index (Phi) is 6.39. The van der Waals surface area contributed by atoms with Gasteiger partial charge in [0.05, 0.1) is 13.2 Å². The zero-order valence-corrected chi connectivity index (χ0v) is 14.4. The number of methoxy groups -OCH3 is 1. The van der Waals surface area contributed by atoms with Gasteiger partial charge >= 0.3 is 5.97 Å². The number of aromatic hydroxyl groups is 1. The lowest BCUT2D eigenvalue weighted by Crippen LogP contribution is -2.32. The number of fused-ring (bicyclic) bond motifs is 1. The number of benzene rings is 1. The summed E-state index contributed by atoms with van der Waals surface area (Å²) in [7, 11) is 1.42. The molecule has 7 heteroatoms. The molecule has 0 aromatic heterocycles. The van der Waals surface area contributed by atoms with E-state index in [9.17, 15) is 24.9 Å². The predicted molar refractivity (Wildman–Crippen MR) is 92.6 cm³/mol. The fourth-order valence-electron chi connectivity index (χ4n) is 2.37. The normalized spacial score (nSPS) is 25.2. The molecule has 0 radical (unpaired) electrons. The van der Waals surface area contributed by atoms with Gasteiger partial charge in [0.15, 0.2) is 6.10 Å². The smallest absolute Gasteiger partial charge is 0.342 e. The second-order valence-corrected chi connectivity index (χ2v) is 5.85. The van der Waals surface area contributed by atoms with Crippen LogP contribution in [0.5, 0.6) is 11.5 Å². The zero-order chi connectivity index (χ0) is 19.3. The van der Waals surface area contributed by atoms with Crippen LogP contribution in [0.2, 0.25) is 0 Å². The van der Waals surface area contributed by atoms with Crippen molar-refractivity contribution in [1.29, 1.82) is 0 Å². The Morgan fingerprint density at radius 1 is 1.27 bits per heavy atom. The summed E-state index contributed by atoms with van der Waals surface area (Å²) in [5, 5.41) is 29.9. The molecule has 0 aliphatic carbocycles. The molecule has 1 aliphatic rings. The second kappa shape index (κ2) is 8.52. The van der Waals surface area contributed by atoms with Gasteiger partial charge in [-0.15, -0.1) is 0 Å². The Morgan fingerprint density at radius 2 is 2.00 bits per heavy atom. The molecule has 0 saturated carbocycles. The number of carbonyl (C=O) groups is 2. The van der Waals surface area contributed by atoms with E-state index in [0.717, 1.165) is 0 Å². The summed E-state index contributed by atoms with van der Waals surface area (Å²) >= 11 is 0. The molecule has 26 heavy (non-hydrogen) atoms. The Morgan fingerprint density at radius 3 is 2.69 bits per heavy atom. The van der Waals surface area contributed by atoms with E-state index in [1.807, 2.05) is 0 Å². The molecule has 7 nitrogen and oxygen atoms in total. The Labute approximate surface area is 150 Å². The summed E-state index contributed by atoms with van der Waals surface area (Å²) < 4.78 is 10.3. The van der Waals surface area contributed by atoms with Gasteiger partial charge in [-0.25, -0.2) is 4.79 Å². The van der Waals surface area contributed by atoms with Crippen LogP contribution in [-0.2, 0) is 9.53 Å². The fraction of sp³-hybridized carbons (Fsp3) is 0.368. The van der Waals surface area contributed by atoms with E-state index < -0.39 is 30.1 Å². The van der Waals surface area contributed by atoms with Gasteiger partial charge in [0.1, 0.15) is 23.2 Å². The quantitative estimate of drug-likeness (QED) is 0.390. The van der Waals surface area contributed by atoms with Crippen molar-refractivity contribution in [2.75, 3.05) is 7.11 Å².